The molecule has 1 amide bonds. The van der Waals surface area contributed by atoms with Gasteiger partial charge in [0.05, 0.1) is 6.54 Å². The van der Waals surface area contributed by atoms with Gasteiger partial charge >= 0.3 is 6.09 Å². The van der Waals surface area contributed by atoms with Gasteiger partial charge in [0, 0.05) is 33.2 Å². The molecule has 2 heterocycles. The monoisotopic (exact) mass is 308 g/mol. The first-order valence-electron chi connectivity index (χ1n) is 5.92. The summed E-state index contributed by atoms with van der Waals surface area (Å²) in [6.07, 6.45) is 0.938. The average Bonchev–Trinajstić information content (AvgIpc) is 2.52. The van der Waals surface area contributed by atoms with Crippen LogP contribution in [0.5, 0.6) is 0 Å². The van der Waals surface area contributed by atoms with E-state index >= 15 is 0 Å². The summed E-state index contributed by atoms with van der Waals surface area (Å²) in [5, 5.41) is 10.3. The number of H-pyrrole nitrogens is 1. The lowest BCUT2D eigenvalue weighted by Crippen LogP contribution is -2.28. The normalized spacial score (nSPS) is 15.5. The van der Waals surface area contributed by atoms with Crippen LogP contribution in [-0.4, -0.2) is 27.6 Å². The number of halogens is 1. The summed E-state index contributed by atoms with van der Waals surface area (Å²) < 4.78 is 1.03. The summed E-state index contributed by atoms with van der Waals surface area (Å²) in [7, 11) is 0. The second-order valence-electron chi connectivity index (χ2n) is 4.58. The number of benzene rings is 1. The largest absolute Gasteiger partial charge is 0.465 e. The lowest BCUT2D eigenvalue weighted by Gasteiger charge is -2.16. The Balaban J connectivity index is 2.12. The van der Waals surface area contributed by atoms with E-state index in [2.05, 4.69) is 20.9 Å². The fourth-order valence-corrected chi connectivity index (χ4v) is 2.92. The van der Waals surface area contributed by atoms with Gasteiger partial charge < -0.3 is 15.0 Å². The van der Waals surface area contributed by atoms with Crippen molar-refractivity contribution in [2.24, 2.45) is 0 Å². The van der Waals surface area contributed by atoms with Crippen molar-refractivity contribution in [1.82, 2.24) is 9.88 Å². The molecule has 18 heavy (non-hydrogen) atoms. The van der Waals surface area contributed by atoms with Crippen LogP contribution in [0.1, 0.15) is 17.7 Å². The second kappa shape index (κ2) is 4.31. The van der Waals surface area contributed by atoms with Crippen molar-refractivity contribution in [3.05, 3.63) is 33.9 Å². The number of nitrogens with zero attached hydrogens (tertiary/aromatic N) is 1. The fourth-order valence-electron chi connectivity index (χ4n) is 2.56. The highest BCUT2D eigenvalue weighted by Gasteiger charge is 2.21. The average molecular weight is 309 g/mol. The van der Waals surface area contributed by atoms with E-state index in [0.717, 1.165) is 33.8 Å². The van der Waals surface area contributed by atoms with Gasteiger partial charge in [0.2, 0.25) is 0 Å². The summed E-state index contributed by atoms with van der Waals surface area (Å²) >= 11 is 3.45. The number of aromatic nitrogens is 1. The maximum atomic E-state index is 11.1. The molecule has 1 aromatic carbocycles. The summed E-state index contributed by atoms with van der Waals surface area (Å²) in [4.78, 5) is 16.0. The Labute approximate surface area is 113 Å². The molecule has 2 aromatic rings. The van der Waals surface area contributed by atoms with Gasteiger partial charge in [-0.05, 0) is 25.0 Å². The van der Waals surface area contributed by atoms with Crippen LogP contribution in [0.15, 0.2) is 22.7 Å². The first kappa shape index (κ1) is 11.6. The quantitative estimate of drug-likeness (QED) is 0.784. The predicted molar refractivity (Wildman–Crippen MR) is 72.8 cm³/mol. The van der Waals surface area contributed by atoms with Crippen molar-refractivity contribution in [1.29, 1.82) is 0 Å². The minimum Gasteiger partial charge on any atom is -0.465 e. The number of carboxylic acid groups (broad SMARTS) is 1. The maximum absolute atomic E-state index is 11.1. The smallest absolute Gasteiger partial charge is 0.407 e. The summed E-state index contributed by atoms with van der Waals surface area (Å²) in [6.45, 7) is 1.09. The molecule has 94 valence electrons. The standard InChI is InChI=1S/C13H13BrN2O2/c14-8-3-4-9-10-7-16(13(17)18)5-1-2-11(10)15-12(9)6-8/h3-4,6,15H,1-2,5,7H2,(H,17,18). The Morgan fingerprint density at radius 2 is 2.28 bits per heavy atom. The zero-order chi connectivity index (χ0) is 12.7. The third-order valence-electron chi connectivity index (χ3n) is 3.43. The van der Waals surface area contributed by atoms with Gasteiger partial charge in [-0.3, -0.25) is 0 Å². The molecule has 2 N–H and O–H groups in total. The summed E-state index contributed by atoms with van der Waals surface area (Å²) in [5.74, 6) is 0. The number of amides is 1. The number of nitrogens with one attached hydrogen (secondary N) is 1. The number of aromatic amines is 1. The Hall–Kier alpha value is -1.49. The number of rotatable bonds is 0. The van der Waals surface area contributed by atoms with Crippen LogP contribution >= 0.6 is 15.9 Å². The Morgan fingerprint density at radius 1 is 1.44 bits per heavy atom. The zero-order valence-electron chi connectivity index (χ0n) is 9.74. The molecular weight excluding hydrogens is 296 g/mol. The first-order chi connectivity index (χ1) is 8.65. The number of hydrogen-bond donors (Lipinski definition) is 2. The molecule has 1 aromatic heterocycles. The van der Waals surface area contributed by atoms with Crippen LogP contribution in [0.4, 0.5) is 4.79 Å². The second-order valence-corrected chi connectivity index (χ2v) is 5.50. The molecule has 1 aliphatic rings. The topological polar surface area (TPSA) is 56.3 Å². The number of hydrogen-bond acceptors (Lipinski definition) is 1. The molecule has 1 aliphatic heterocycles. The van der Waals surface area contributed by atoms with Gasteiger partial charge in [0.1, 0.15) is 0 Å². The molecule has 0 fully saturated rings. The van der Waals surface area contributed by atoms with E-state index in [0.29, 0.717) is 13.1 Å². The Morgan fingerprint density at radius 3 is 3.06 bits per heavy atom. The van der Waals surface area contributed by atoms with Gasteiger partial charge in [-0.2, -0.15) is 0 Å². The van der Waals surface area contributed by atoms with Gasteiger partial charge in [-0.15, -0.1) is 0 Å². The minimum absolute atomic E-state index is 0.478. The molecule has 0 unspecified atom stereocenters. The molecule has 0 bridgehead atoms. The van der Waals surface area contributed by atoms with Crippen LogP contribution in [0.25, 0.3) is 10.9 Å². The number of carbonyl (C=O) groups is 1. The Bertz CT molecular complexity index is 621. The van der Waals surface area contributed by atoms with Crippen molar-refractivity contribution >= 4 is 32.9 Å². The predicted octanol–water partition coefficient (Wildman–Crippen LogP) is 3.36. The van der Waals surface area contributed by atoms with E-state index < -0.39 is 6.09 Å². The highest BCUT2D eigenvalue weighted by molar-refractivity contribution is 9.10. The molecule has 0 saturated carbocycles. The van der Waals surface area contributed by atoms with Gasteiger partial charge in [-0.25, -0.2) is 4.79 Å². The lowest BCUT2D eigenvalue weighted by molar-refractivity contribution is 0.143. The zero-order valence-corrected chi connectivity index (χ0v) is 11.3. The molecule has 0 radical (unpaired) electrons. The maximum Gasteiger partial charge on any atom is 0.407 e. The van der Waals surface area contributed by atoms with E-state index in [4.69, 9.17) is 5.11 Å². The highest BCUT2D eigenvalue weighted by atomic mass is 79.9. The Kier molecular flexibility index (Phi) is 2.78. The molecule has 0 saturated heterocycles. The third-order valence-corrected chi connectivity index (χ3v) is 3.92. The van der Waals surface area contributed by atoms with Crippen molar-refractivity contribution in [3.8, 4) is 0 Å². The van der Waals surface area contributed by atoms with Crippen LogP contribution in [-0.2, 0) is 13.0 Å². The lowest BCUT2D eigenvalue weighted by atomic mass is 10.1. The third kappa shape index (κ3) is 1.88. The summed E-state index contributed by atoms with van der Waals surface area (Å²) in [6, 6.07) is 6.07. The fraction of sp³-hybridized carbons (Fsp3) is 0.308. The van der Waals surface area contributed by atoms with Crippen molar-refractivity contribution in [2.45, 2.75) is 19.4 Å². The van der Waals surface area contributed by atoms with E-state index in [9.17, 15) is 4.79 Å². The molecule has 0 atom stereocenters. The van der Waals surface area contributed by atoms with Crippen molar-refractivity contribution in [2.75, 3.05) is 6.54 Å². The van der Waals surface area contributed by atoms with Crippen LogP contribution in [0.2, 0.25) is 0 Å². The SMILES string of the molecule is O=C(O)N1CCCc2[nH]c3cc(Br)ccc3c2C1. The van der Waals surface area contributed by atoms with Gasteiger partial charge in [0.15, 0.2) is 0 Å². The van der Waals surface area contributed by atoms with Gasteiger partial charge in [-0.1, -0.05) is 22.0 Å². The summed E-state index contributed by atoms with van der Waals surface area (Å²) in [5.41, 5.74) is 3.37. The molecular formula is C13H13BrN2O2. The van der Waals surface area contributed by atoms with E-state index in [-0.39, 0.29) is 0 Å². The highest BCUT2D eigenvalue weighted by Crippen LogP contribution is 2.29. The first-order valence-corrected chi connectivity index (χ1v) is 6.71. The number of aryl methyl sites for hydroxylation is 1. The number of fused-ring (bicyclic) bond motifs is 3. The van der Waals surface area contributed by atoms with E-state index in [1.54, 1.807) is 0 Å². The van der Waals surface area contributed by atoms with E-state index in [1.807, 2.05) is 18.2 Å². The molecule has 3 rings (SSSR count). The van der Waals surface area contributed by atoms with Crippen LogP contribution < -0.4 is 0 Å². The van der Waals surface area contributed by atoms with Crippen molar-refractivity contribution < 1.29 is 9.90 Å². The molecule has 5 heteroatoms. The van der Waals surface area contributed by atoms with E-state index in [1.165, 1.54) is 10.6 Å². The molecule has 0 spiro atoms. The van der Waals surface area contributed by atoms with Crippen molar-refractivity contribution in [3.63, 3.8) is 0 Å². The van der Waals surface area contributed by atoms with Crippen LogP contribution in [0.3, 0.4) is 0 Å². The molecule has 4 nitrogen and oxygen atoms in total. The van der Waals surface area contributed by atoms with Gasteiger partial charge in [0.25, 0.3) is 0 Å². The minimum atomic E-state index is -0.839. The van der Waals surface area contributed by atoms with Crippen LogP contribution in [0, 0.1) is 0 Å². The molecule has 0 aliphatic carbocycles.